The number of aromatic nitrogens is 1. The Morgan fingerprint density at radius 3 is 2.93 bits per heavy atom. The predicted octanol–water partition coefficient (Wildman–Crippen LogP) is 1.74. The average molecular weight is 192 g/mol. The molecule has 0 amide bonds. The molecule has 0 bridgehead atoms. The third kappa shape index (κ3) is 1.84. The number of carboxylic acids is 1. The number of hydrogen-bond acceptors (Lipinski definition) is 3. The van der Waals surface area contributed by atoms with E-state index in [0.717, 1.165) is 18.5 Å². The molecule has 0 radical (unpaired) electrons. The molecule has 0 atom stereocenters. The fraction of sp³-hybridized carbons (Fsp3) is 0.400. The fourth-order valence-electron chi connectivity index (χ4n) is 1.29. The van der Waals surface area contributed by atoms with E-state index in [1.807, 2.05) is 0 Å². The Morgan fingerprint density at radius 2 is 2.36 bits per heavy atom. The van der Waals surface area contributed by atoms with Gasteiger partial charge in [0.15, 0.2) is 0 Å². The van der Waals surface area contributed by atoms with Gasteiger partial charge in [-0.25, -0.2) is 9.78 Å². The lowest BCUT2D eigenvalue weighted by Crippen LogP contribution is -2.16. The van der Waals surface area contributed by atoms with E-state index in [1.54, 1.807) is 12.1 Å². The van der Waals surface area contributed by atoms with Crippen LogP contribution in [0.15, 0.2) is 18.3 Å². The molecule has 0 saturated heterocycles. The molecule has 1 aromatic rings. The third-order valence-electron chi connectivity index (χ3n) is 2.43. The molecule has 4 heteroatoms. The molecule has 4 nitrogen and oxygen atoms in total. The van der Waals surface area contributed by atoms with Crippen LogP contribution < -0.4 is 5.32 Å². The van der Waals surface area contributed by atoms with Gasteiger partial charge in [0.2, 0.25) is 0 Å². The molecule has 0 spiro atoms. The van der Waals surface area contributed by atoms with Crippen LogP contribution in [-0.4, -0.2) is 21.6 Å². The minimum atomic E-state index is -0.991. The lowest BCUT2D eigenvalue weighted by Gasteiger charge is -2.12. The van der Waals surface area contributed by atoms with Crippen LogP contribution >= 0.6 is 0 Å². The Bertz CT molecular complexity index is 372. The summed E-state index contributed by atoms with van der Waals surface area (Å²) in [7, 11) is 0. The number of carbonyl (C=O) groups is 1. The van der Waals surface area contributed by atoms with Crippen LogP contribution in [0, 0.1) is 0 Å². The molecule has 2 rings (SSSR count). The molecule has 1 aliphatic rings. The summed E-state index contributed by atoms with van der Waals surface area (Å²) in [6.07, 6.45) is 3.78. The van der Waals surface area contributed by atoms with Crippen molar-refractivity contribution >= 4 is 11.7 Å². The summed E-state index contributed by atoms with van der Waals surface area (Å²) in [5.41, 5.74) is 1.08. The second kappa shape index (κ2) is 2.97. The van der Waals surface area contributed by atoms with E-state index in [9.17, 15) is 4.79 Å². The molecule has 1 aromatic heterocycles. The average Bonchev–Trinajstić information content (AvgIpc) is 2.83. The number of pyridine rings is 1. The molecule has 1 heterocycles. The van der Waals surface area contributed by atoms with Crippen LogP contribution in [0.5, 0.6) is 0 Å². The first kappa shape index (κ1) is 8.99. The zero-order chi connectivity index (χ0) is 10.2. The highest BCUT2D eigenvalue weighted by Crippen LogP contribution is 2.37. The molecule has 0 unspecified atom stereocenters. The molecule has 1 fully saturated rings. The molecule has 1 saturated carbocycles. The minimum absolute atomic E-state index is 0.0826. The molecular formula is C10H12N2O2. The fourth-order valence-corrected chi connectivity index (χ4v) is 1.29. The lowest BCUT2D eigenvalue weighted by atomic mass is 10.2. The molecule has 74 valence electrons. The SMILES string of the molecule is CC1(Nc2ccnc(C(=O)O)c2)CC1. The van der Waals surface area contributed by atoms with Gasteiger partial charge in [0.05, 0.1) is 0 Å². The highest BCUT2D eigenvalue weighted by molar-refractivity contribution is 5.86. The summed E-state index contributed by atoms with van der Waals surface area (Å²) in [5, 5.41) is 12.0. The van der Waals surface area contributed by atoms with Gasteiger partial charge in [-0.1, -0.05) is 0 Å². The van der Waals surface area contributed by atoms with Gasteiger partial charge in [-0.05, 0) is 31.9 Å². The Balaban J connectivity index is 2.17. The molecule has 14 heavy (non-hydrogen) atoms. The molecule has 2 N–H and O–H groups in total. The highest BCUT2D eigenvalue weighted by Gasteiger charge is 2.37. The zero-order valence-corrected chi connectivity index (χ0v) is 7.95. The molecular weight excluding hydrogens is 180 g/mol. The summed E-state index contributed by atoms with van der Waals surface area (Å²) < 4.78 is 0. The molecule has 0 aliphatic heterocycles. The summed E-state index contributed by atoms with van der Waals surface area (Å²) in [5.74, 6) is -0.991. The van der Waals surface area contributed by atoms with Crippen LogP contribution in [0.1, 0.15) is 30.3 Å². The first-order chi connectivity index (χ1) is 6.59. The normalized spacial score (nSPS) is 17.5. The summed E-state index contributed by atoms with van der Waals surface area (Å²) in [6.45, 7) is 2.12. The second-order valence-electron chi connectivity index (χ2n) is 3.92. The van der Waals surface area contributed by atoms with Crippen molar-refractivity contribution in [3.8, 4) is 0 Å². The number of carboxylic acid groups (broad SMARTS) is 1. The van der Waals surface area contributed by atoms with Gasteiger partial charge in [-0.15, -0.1) is 0 Å². The first-order valence-electron chi connectivity index (χ1n) is 4.57. The first-order valence-corrected chi connectivity index (χ1v) is 4.57. The maximum atomic E-state index is 10.6. The van der Waals surface area contributed by atoms with Crippen molar-refractivity contribution in [2.45, 2.75) is 25.3 Å². The van der Waals surface area contributed by atoms with E-state index in [0.29, 0.717) is 0 Å². The summed E-state index contributed by atoms with van der Waals surface area (Å²) >= 11 is 0. The van der Waals surface area contributed by atoms with Gasteiger partial charge < -0.3 is 10.4 Å². The van der Waals surface area contributed by atoms with Crippen molar-refractivity contribution in [3.63, 3.8) is 0 Å². The maximum absolute atomic E-state index is 10.6. The maximum Gasteiger partial charge on any atom is 0.354 e. The van der Waals surface area contributed by atoms with Gasteiger partial charge in [-0.2, -0.15) is 0 Å². The van der Waals surface area contributed by atoms with E-state index >= 15 is 0 Å². The van der Waals surface area contributed by atoms with Crippen LogP contribution in [0.25, 0.3) is 0 Å². The van der Waals surface area contributed by atoms with Crippen LogP contribution in [0.2, 0.25) is 0 Å². The minimum Gasteiger partial charge on any atom is -0.477 e. The predicted molar refractivity (Wildman–Crippen MR) is 52.5 cm³/mol. The van der Waals surface area contributed by atoms with E-state index in [2.05, 4.69) is 17.2 Å². The summed E-state index contributed by atoms with van der Waals surface area (Å²) in [6, 6.07) is 3.35. The van der Waals surface area contributed by atoms with Gasteiger partial charge >= 0.3 is 5.97 Å². The van der Waals surface area contributed by atoms with Crippen molar-refractivity contribution in [2.75, 3.05) is 5.32 Å². The smallest absolute Gasteiger partial charge is 0.354 e. The van der Waals surface area contributed by atoms with E-state index in [1.165, 1.54) is 6.20 Å². The van der Waals surface area contributed by atoms with Crippen LogP contribution in [0.3, 0.4) is 0 Å². The van der Waals surface area contributed by atoms with Crippen molar-refractivity contribution < 1.29 is 9.90 Å². The van der Waals surface area contributed by atoms with Crippen LogP contribution in [-0.2, 0) is 0 Å². The number of rotatable bonds is 3. The summed E-state index contributed by atoms with van der Waals surface area (Å²) in [4.78, 5) is 14.4. The van der Waals surface area contributed by atoms with Crippen LogP contribution in [0.4, 0.5) is 5.69 Å². The number of aromatic carboxylic acids is 1. The van der Waals surface area contributed by atoms with Gasteiger partial charge in [0.1, 0.15) is 5.69 Å². The number of hydrogen-bond donors (Lipinski definition) is 2. The molecule has 1 aliphatic carbocycles. The van der Waals surface area contributed by atoms with Crippen molar-refractivity contribution in [1.29, 1.82) is 0 Å². The zero-order valence-electron chi connectivity index (χ0n) is 7.95. The van der Waals surface area contributed by atoms with Crippen molar-refractivity contribution in [3.05, 3.63) is 24.0 Å². The van der Waals surface area contributed by atoms with E-state index in [4.69, 9.17) is 5.11 Å². The Morgan fingerprint density at radius 1 is 1.64 bits per heavy atom. The second-order valence-corrected chi connectivity index (χ2v) is 3.92. The topological polar surface area (TPSA) is 62.2 Å². The Hall–Kier alpha value is -1.58. The van der Waals surface area contributed by atoms with Gasteiger partial charge in [-0.3, -0.25) is 0 Å². The monoisotopic (exact) mass is 192 g/mol. The number of nitrogens with zero attached hydrogens (tertiary/aromatic N) is 1. The van der Waals surface area contributed by atoms with Crippen molar-refractivity contribution in [1.82, 2.24) is 4.98 Å². The highest BCUT2D eigenvalue weighted by atomic mass is 16.4. The quantitative estimate of drug-likeness (QED) is 0.765. The Kier molecular flexibility index (Phi) is 1.91. The Labute approximate surface area is 82.0 Å². The molecule has 0 aromatic carbocycles. The van der Waals surface area contributed by atoms with Gasteiger partial charge in [0, 0.05) is 17.4 Å². The van der Waals surface area contributed by atoms with E-state index < -0.39 is 5.97 Å². The van der Waals surface area contributed by atoms with Crippen molar-refractivity contribution in [2.24, 2.45) is 0 Å². The number of nitrogens with one attached hydrogen (secondary N) is 1. The number of anilines is 1. The lowest BCUT2D eigenvalue weighted by molar-refractivity contribution is 0.0690. The standard InChI is InChI=1S/C10H12N2O2/c1-10(3-4-10)12-7-2-5-11-8(6-7)9(13)14/h2,5-6H,3-4H2,1H3,(H,11,12)(H,13,14). The van der Waals surface area contributed by atoms with Gasteiger partial charge in [0.25, 0.3) is 0 Å². The third-order valence-corrected chi connectivity index (χ3v) is 2.43. The largest absolute Gasteiger partial charge is 0.477 e. The van der Waals surface area contributed by atoms with E-state index in [-0.39, 0.29) is 11.2 Å².